The predicted octanol–water partition coefficient (Wildman–Crippen LogP) is 1.80. The minimum absolute atomic E-state index is 0.0427. The van der Waals surface area contributed by atoms with Crippen molar-refractivity contribution in [1.82, 2.24) is 0 Å². The van der Waals surface area contributed by atoms with Gasteiger partial charge in [0.05, 0.1) is 16.2 Å². The summed E-state index contributed by atoms with van der Waals surface area (Å²) in [6, 6.07) is 5.54. The van der Waals surface area contributed by atoms with Crippen molar-refractivity contribution in [1.29, 1.82) is 0 Å². The second-order valence-corrected chi connectivity index (χ2v) is 8.57. The van der Waals surface area contributed by atoms with Crippen LogP contribution in [0.1, 0.15) is 33.6 Å². The maximum Gasteiger partial charge on any atom is 0.307 e. The van der Waals surface area contributed by atoms with Crippen molar-refractivity contribution in [2.45, 2.75) is 38.5 Å². The van der Waals surface area contributed by atoms with Crippen molar-refractivity contribution in [2.75, 3.05) is 5.32 Å². The Labute approximate surface area is 141 Å². The Morgan fingerprint density at radius 2 is 1.75 bits per heavy atom. The lowest BCUT2D eigenvalue weighted by Crippen LogP contribution is -2.45. The fourth-order valence-corrected chi connectivity index (χ4v) is 3.85. The van der Waals surface area contributed by atoms with Gasteiger partial charge in [0.2, 0.25) is 15.9 Å². The zero-order chi connectivity index (χ0) is 18.3. The normalized spacial score (nSPS) is 26.1. The van der Waals surface area contributed by atoms with E-state index in [9.17, 15) is 23.1 Å². The zero-order valence-corrected chi connectivity index (χ0v) is 14.7. The summed E-state index contributed by atoms with van der Waals surface area (Å²) in [5, 5.41) is 17.1. The molecule has 1 aromatic carbocycles. The highest BCUT2D eigenvalue weighted by Gasteiger charge is 2.58. The van der Waals surface area contributed by atoms with Crippen molar-refractivity contribution in [3.05, 3.63) is 24.3 Å². The van der Waals surface area contributed by atoms with Crippen LogP contribution in [0.15, 0.2) is 29.2 Å². The van der Waals surface area contributed by atoms with Gasteiger partial charge >= 0.3 is 5.97 Å². The monoisotopic (exact) mass is 354 g/mol. The Morgan fingerprint density at radius 3 is 2.17 bits per heavy atom. The van der Waals surface area contributed by atoms with Gasteiger partial charge in [-0.1, -0.05) is 20.8 Å². The highest BCUT2D eigenvalue weighted by molar-refractivity contribution is 7.89. The summed E-state index contributed by atoms with van der Waals surface area (Å²) >= 11 is 0. The number of hydrogen-bond donors (Lipinski definition) is 3. The maximum absolute atomic E-state index is 12.8. The summed E-state index contributed by atoms with van der Waals surface area (Å²) < 4.78 is 22.5. The molecule has 7 nitrogen and oxygen atoms in total. The average Bonchev–Trinajstić information content (AvgIpc) is 2.70. The smallest absolute Gasteiger partial charge is 0.307 e. The number of carbonyl (C=O) groups excluding carboxylic acids is 1. The number of sulfonamides is 1. The van der Waals surface area contributed by atoms with Crippen molar-refractivity contribution in [3.63, 3.8) is 0 Å². The van der Waals surface area contributed by atoms with E-state index in [0.29, 0.717) is 18.5 Å². The molecule has 2 atom stereocenters. The molecule has 2 unspecified atom stereocenters. The first-order chi connectivity index (χ1) is 10.9. The molecular weight excluding hydrogens is 332 g/mol. The number of carbonyl (C=O) groups is 2. The molecule has 1 aromatic rings. The van der Waals surface area contributed by atoms with Gasteiger partial charge in [-0.15, -0.1) is 0 Å². The van der Waals surface area contributed by atoms with Crippen LogP contribution in [0.2, 0.25) is 0 Å². The van der Waals surface area contributed by atoms with Gasteiger partial charge in [0.1, 0.15) is 0 Å². The minimum Gasteiger partial charge on any atom is -0.481 e. The first-order valence-corrected chi connectivity index (χ1v) is 9.11. The molecule has 2 rings (SSSR count). The Morgan fingerprint density at radius 1 is 1.21 bits per heavy atom. The highest BCUT2D eigenvalue weighted by atomic mass is 32.2. The lowest BCUT2D eigenvalue weighted by atomic mass is 9.65. The van der Waals surface area contributed by atoms with Gasteiger partial charge in [0.25, 0.3) is 0 Å². The highest BCUT2D eigenvalue weighted by Crippen LogP contribution is 2.56. The number of carboxylic acid groups (broad SMARTS) is 1. The fourth-order valence-electron chi connectivity index (χ4n) is 3.34. The minimum atomic E-state index is -3.79. The van der Waals surface area contributed by atoms with Gasteiger partial charge in [-0.2, -0.15) is 0 Å². The summed E-state index contributed by atoms with van der Waals surface area (Å²) in [5.74, 6) is -1.76. The number of nitrogens with one attached hydrogen (secondary N) is 1. The van der Waals surface area contributed by atoms with Gasteiger partial charge in [0.15, 0.2) is 0 Å². The lowest BCUT2D eigenvalue weighted by molar-refractivity contribution is -0.147. The van der Waals surface area contributed by atoms with Crippen molar-refractivity contribution < 1.29 is 23.1 Å². The molecule has 4 N–H and O–H groups in total. The second-order valence-electron chi connectivity index (χ2n) is 7.01. The number of carboxylic acids is 1. The lowest BCUT2D eigenvalue weighted by Gasteiger charge is -2.39. The molecule has 24 heavy (non-hydrogen) atoms. The van der Waals surface area contributed by atoms with Crippen LogP contribution in [0.25, 0.3) is 0 Å². The number of anilines is 1. The third-order valence-corrected chi connectivity index (χ3v) is 6.40. The van der Waals surface area contributed by atoms with Crippen LogP contribution >= 0.6 is 0 Å². The van der Waals surface area contributed by atoms with Gasteiger partial charge in [0, 0.05) is 5.69 Å². The van der Waals surface area contributed by atoms with Crippen LogP contribution < -0.4 is 10.5 Å². The van der Waals surface area contributed by atoms with E-state index in [2.05, 4.69) is 5.32 Å². The van der Waals surface area contributed by atoms with E-state index in [0.717, 1.165) is 0 Å². The van der Waals surface area contributed by atoms with E-state index in [1.54, 1.807) is 20.8 Å². The molecule has 1 fully saturated rings. The summed E-state index contributed by atoms with van der Waals surface area (Å²) in [6.07, 6.45) is 0.911. The number of nitrogens with two attached hydrogens (primary N) is 1. The van der Waals surface area contributed by atoms with Gasteiger partial charge < -0.3 is 10.4 Å². The summed E-state index contributed by atoms with van der Waals surface area (Å²) in [7, 11) is -3.79. The van der Waals surface area contributed by atoms with E-state index in [4.69, 9.17) is 5.14 Å². The first kappa shape index (κ1) is 18.4. The largest absolute Gasteiger partial charge is 0.481 e. The van der Waals surface area contributed by atoms with Gasteiger partial charge in [-0.3, -0.25) is 9.59 Å². The Kier molecular flexibility index (Phi) is 4.49. The molecule has 0 aliphatic heterocycles. The van der Waals surface area contributed by atoms with E-state index >= 15 is 0 Å². The molecule has 0 spiro atoms. The van der Waals surface area contributed by atoms with Crippen molar-refractivity contribution >= 4 is 27.6 Å². The Balaban J connectivity index is 2.22. The summed E-state index contributed by atoms with van der Waals surface area (Å²) in [5.41, 5.74) is -1.11. The second kappa shape index (κ2) is 5.86. The van der Waals surface area contributed by atoms with Gasteiger partial charge in [-0.25, -0.2) is 13.6 Å². The van der Waals surface area contributed by atoms with Gasteiger partial charge in [-0.05, 0) is 42.5 Å². The van der Waals surface area contributed by atoms with E-state index in [1.807, 2.05) is 0 Å². The predicted molar refractivity (Wildman–Crippen MR) is 88.7 cm³/mol. The molecule has 1 aliphatic rings. The summed E-state index contributed by atoms with van der Waals surface area (Å²) in [6.45, 7) is 5.36. The quantitative estimate of drug-likeness (QED) is 0.760. The van der Waals surface area contributed by atoms with Crippen LogP contribution in [0, 0.1) is 16.7 Å². The van der Waals surface area contributed by atoms with Crippen molar-refractivity contribution in [3.8, 4) is 0 Å². The van der Waals surface area contributed by atoms with Crippen LogP contribution in [0.5, 0.6) is 0 Å². The Bertz CT molecular complexity index is 770. The molecule has 0 radical (unpaired) electrons. The third-order valence-electron chi connectivity index (χ3n) is 5.47. The third kappa shape index (κ3) is 3.03. The molecular formula is C16H22N2O5S. The molecule has 1 saturated carbocycles. The standard InChI is InChI=1S/C16H22N2O5S/c1-15(2)12(13(19)20)8-9-16(15,3)14(21)18-10-4-6-11(7-5-10)24(17,22)23/h4-7,12H,8-9H2,1-3H3,(H,18,21)(H,19,20)(H2,17,22,23). The molecule has 0 saturated heterocycles. The molecule has 8 heteroatoms. The number of aliphatic carboxylic acids is 1. The average molecular weight is 354 g/mol. The molecule has 0 bridgehead atoms. The van der Waals surface area contributed by atoms with Crippen LogP contribution in [-0.4, -0.2) is 25.4 Å². The summed E-state index contributed by atoms with van der Waals surface area (Å²) in [4.78, 5) is 24.1. The van der Waals surface area contributed by atoms with E-state index in [1.165, 1.54) is 24.3 Å². The maximum atomic E-state index is 12.8. The first-order valence-electron chi connectivity index (χ1n) is 7.57. The number of primary sulfonamides is 1. The zero-order valence-electron chi connectivity index (χ0n) is 13.9. The number of benzene rings is 1. The molecule has 0 aromatic heterocycles. The fraction of sp³-hybridized carbons (Fsp3) is 0.500. The van der Waals surface area contributed by atoms with Crippen LogP contribution in [0.3, 0.4) is 0 Å². The topological polar surface area (TPSA) is 127 Å². The molecule has 132 valence electrons. The number of rotatable bonds is 4. The molecule has 1 aliphatic carbocycles. The van der Waals surface area contributed by atoms with E-state index in [-0.39, 0.29) is 10.8 Å². The number of hydrogen-bond acceptors (Lipinski definition) is 4. The van der Waals surface area contributed by atoms with Crippen molar-refractivity contribution in [2.24, 2.45) is 21.9 Å². The Hall–Kier alpha value is -1.93. The molecule has 0 heterocycles. The number of amides is 1. The van der Waals surface area contributed by atoms with E-state index < -0.39 is 32.7 Å². The molecule has 1 amide bonds. The van der Waals surface area contributed by atoms with Crippen LogP contribution in [-0.2, 0) is 19.6 Å². The van der Waals surface area contributed by atoms with Crippen LogP contribution in [0.4, 0.5) is 5.69 Å². The SMILES string of the molecule is CC1(C(=O)Nc2ccc(S(N)(=O)=O)cc2)CCC(C(=O)O)C1(C)C.